The number of nitrogens with one attached hydrogen (secondary N) is 1. The molecule has 21 heavy (non-hydrogen) atoms. The summed E-state index contributed by atoms with van der Waals surface area (Å²) >= 11 is 6.07. The Morgan fingerprint density at radius 3 is 2.81 bits per heavy atom. The molecule has 0 aliphatic rings. The number of carbonyl (C=O) groups is 1. The summed E-state index contributed by atoms with van der Waals surface area (Å²) in [5.41, 5.74) is 7.26. The number of aromatic carboxylic acids is 1. The van der Waals surface area contributed by atoms with Crippen molar-refractivity contribution in [3.8, 4) is 5.75 Å². The Kier molecular flexibility index (Phi) is 4.55. The number of nitrogen functional groups attached to an aromatic ring is 1. The monoisotopic (exact) mass is 306 g/mol. The molecule has 2 aromatic carbocycles. The van der Waals surface area contributed by atoms with Crippen molar-refractivity contribution >= 4 is 28.9 Å². The highest BCUT2D eigenvalue weighted by atomic mass is 35.5. The van der Waals surface area contributed by atoms with Crippen molar-refractivity contribution in [2.24, 2.45) is 0 Å². The topological polar surface area (TPSA) is 84.6 Å². The van der Waals surface area contributed by atoms with Gasteiger partial charge >= 0.3 is 5.97 Å². The molecule has 0 fully saturated rings. The van der Waals surface area contributed by atoms with Crippen LogP contribution in [0.1, 0.15) is 15.9 Å². The van der Waals surface area contributed by atoms with Crippen LogP contribution in [-0.2, 0) is 6.54 Å². The summed E-state index contributed by atoms with van der Waals surface area (Å²) in [6.07, 6.45) is 0. The Labute approximate surface area is 127 Å². The number of carboxylic acids is 1. The van der Waals surface area contributed by atoms with Gasteiger partial charge in [-0.1, -0.05) is 23.7 Å². The Balaban J connectivity index is 2.25. The number of hydrogen-bond acceptors (Lipinski definition) is 4. The first-order chi connectivity index (χ1) is 10.0. The van der Waals surface area contributed by atoms with E-state index in [1.807, 2.05) is 24.3 Å². The maximum Gasteiger partial charge on any atom is 0.337 e. The summed E-state index contributed by atoms with van der Waals surface area (Å²) in [6, 6.07) is 10.4. The molecule has 0 radical (unpaired) electrons. The predicted molar refractivity (Wildman–Crippen MR) is 83.1 cm³/mol. The maximum absolute atomic E-state index is 11.3. The van der Waals surface area contributed by atoms with Gasteiger partial charge in [0.25, 0.3) is 0 Å². The van der Waals surface area contributed by atoms with Gasteiger partial charge in [0.15, 0.2) is 0 Å². The summed E-state index contributed by atoms with van der Waals surface area (Å²) in [7, 11) is 1.59. The van der Waals surface area contributed by atoms with Gasteiger partial charge < -0.3 is 20.9 Å². The third kappa shape index (κ3) is 3.58. The van der Waals surface area contributed by atoms with Crippen LogP contribution in [0.4, 0.5) is 11.4 Å². The van der Waals surface area contributed by atoms with Crippen LogP contribution in [0.15, 0.2) is 36.4 Å². The Morgan fingerprint density at radius 2 is 2.14 bits per heavy atom. The normalized spacial score (nSPS) is 10.2. The number of nitrogens with two attached hydrogens (primary N) is 1. The van der Waals surface area contributed by atoms with E-state index in [9.17, 15) is 9.90 Å². The number of anilines is 2. The van der Waals surface area contributed by atoms with E-state index in [2.05, 4.69) is 5.32 Å². The average Bonchev–Trinajstić information content (AvgIpc) is 2.45. The molecule has 0 spiro atoms. The molecule has 110 valence electrons. The molecule has 2 aromatic rings. The fourth-order valence-corrected chi connectivity index (χ4v) is 2.24. The number of methoxy groups -OCH3 is 1. The van der Waals surface area contributed by atoms with Crippen molar-refractivity contribution in [3.63, 3.8) is 0 Å². The highest BCUT2D eigenvalue weighted by Crippen LogP contribution is 2.30. The minimum Gasteiger partial charge on any atom is -0.497 e. The minimum absolute atomic E-state index is 0.0443. The van der Waals surface area contributed by atoms with Gasteiger partial charge in [0.05, 0.1) is 23.4 Å². The lowest BCUT2D eigenvalue weighted by Gasteiger charge is -2.13. The third-order valence-corrected chi connectivity index (χ3v) is 3.24. The molecule has 0 amide bonds. The first-order valence-corrected chi connectivity index (χ1v) is 6.58. The van der Waals surface area contributed by atoms with E-state index >= 15 is 0 Å². The Bertz CT molecular complexity index is 674. The zero-order valence-corrected chi connectivity index (χ0v) is 12.1. The van der Waals surface area contributed by atoms with Gasteiger partial charge in [-0.25, -0.2) is 4.79 Å². The van der Waals surface area contributed by atoms with Crippen LogP contribution < -0.4 is 15.8 Å². The van der Waals surface area contributed by atoms with Crippen molar-refractivity contribution in [2.45, 2.75) is 6.54 Å². The van der Waals surface area contributed by atoms with Gasteiger partial charge in [0.1, 0.15) is 5.75 Å². The van der Waals surface area contributed by atoms with Crippen LogP contribution in [0, 0.1) is 0 Å². The average molecular weight is 307 g/mol. The SMILES string of the molecule is COc1cccc(CNc2c(Cl)cc(N)cc2C(=O)O)c1. The maximum atomic E-state index is 11.3. The van der Waals surface area contributed by atoms with Gasteiger partial charge in [-0.2, -0.15) is 0 Å². The number of carboxylic acid groups (broad SMARTS) is 1. The second-order valence-corrected chi connectivity index (χ2v) is 4.84. The predicted octanol–water partition coefficient (Wildman–Crippen LogP) is 3.24. The quantitative estimate of drug-likeness (QED) is 0.738. The molecule has 0 bridgehead atoms. The summed E-state index contributed by atoms with van der Waals surface area (Å²) in [5, 5.41) is 12.5. The second-order valence-electron chi connectivity index (χ2n) is 4.44. The van der Waals surface area contributed by atoms with E-state index in [0.29, 0.717) is 17.9 Å². The highest BCUT2D eigenvalue weighted by molar-refractivity contribution is 6.34. The van der Waals surface area contributed by atoms with Gasteiger partial charge in [0, 0.05) is 12.2 Å². The number of rotatable bonds is 5. The molecular weight excluding hydrogens is 292 g/mol. The number of benzene rings is 2. The summed E-state index contributed by atoms with van der Waals surface area (Å²) in [5.74, 6) is -0.353. The van der Waals surface area contributed by atoms with Crippen LogP contribution >= 0.6 is 11.6 Å². The third-order valence-electron chi connectivity index (χ3n) is 2.95. The molecule has 5 nitrogen and oxygen atoms in total. The lowest BCUT2D eigenvalue weighted by atomic mass is 10.1. The molecule has 6 heteroatoms. The molecule has 0 unspecified atom stereocenters. The van der Waals surface area contributed by atoms with E-state index in [-0.39, 0.29) is 10.6 Å². The molecule has 0 heterocycles. The zero-order chi connectivity index (χ0) is 15.4. The van der Waals surface area contributed by atoms with E-state index in [0.717, 1.165) is 11.3 Å². The van der Waals surface area contributed by atoms with E-state index in [1.54, 1.807) is 7.11 Å². The van der Waals surface area contributed by atoms with Crippen molar-refractivity contribution in [1.82, 2.24) is 0 Å². The fraction of sp³-hybridized carbons (Fsp3) is 0.133. The molecule has 0 aliphatic carbocycles. The van der Waals surface area contributed by atoms with Crippen molar-refractivity contribution in [3.05, 3.63) is 52.5 Å². The smallest absolute Gasteiger partial charge is 0.337 e. The standard InChI is InChI=1S/C15H15ClN2O3/c1-21-11-4-2-3-9(5-11)8-18-14-12(15(19)20)6-10(17)7-13(14)16/h2-7,18H,8,17H2,1H3,(H,19,20). The van der Waals surface area contributed by atoms with E-state index < -0.39 is 5.97 Å². The van der Waals surface area contributed by atoms with E-state index in [4.69, 9.17) is 22.1 Å². The molecule has 0 aliphatic heterocycles. The summed E-state index contributed by atoms with van der Waals surface area (Å²) < 4.78 is 5.14. The molecule has 0 atom stereocenters. The lowest BCUT2D eigenvalue weighted by Crippen LogP contribution is -2.08. The molecule has 0 saturated carbocycles. The number of hydrogen-bond donors (Lipinski definition) is 3. The fourth-order valence-electron chi connectivity index (χ4n) is 1.95. The summed E-state index contributed by atoms with van der Waals surface area (Å²) in [6.45, 7) is 0.418. The van der Waals surface area contributed by atoms with Crippen molar-refractivity contribution in [2.75, 3.05) is 18.2 Å². The van der Waals surface area contributed by atoms with Crippen molar-refractivity contribution in [1.29, 1.82) is 0 Å². The number of halogens is 1. The largest absolute Gasteiger partial charge is 0.497 e. The zero-order valence-electron chi connectivity index (χ0n) is 11.4. The molecule has 2 rings (SSSR count). The van der Waals surface area contributed by atoms with Crippen molar-refractivity contribution < 1.29 is 14.6 Å². The molecular formula is C15H15ClN2O3. The highest BCUT2D eigenvalue weighted by Gasteiger charge is 2.14. The van der Waals surface area contributed by atoms with Crippen LogP contribution in [0.25, 0.3) is 0 Å². The van der Waals surface area contributed by atoms with Gasteiger partial charge in [-0.3, -0.25) is 0 Å². The van der Waals surface area contributed by atoms with Crippen LogP contribution in [0.2, 0.25) is 5.02 Å². The van der Waals surface area contributed by atoms with Crippen LogP contribution in [-0.4, -0.2) is 18.2 Å². The van der Waals surface area contributed by atoms with Gasteiger partial charge in [-0.05, 0) is 29.8 Å². The summed E-state index contributed by atoms with van der Waals surface area (Å²) in [4.78, 5) is 11.3. The molecule has 0 aromatic heterocycles. The van der Waals surface area contributed by atoms with E-state index in [1.165, 1.54) is 12.1 Å². The lowest BCUT2D eigenvalue weighted by molar-refractivity contribution is 0.0698. The van der Waals surface area contributed by atoms with Gasteiger partial charge in [0.2, 0.25) is 0 Å². The second kappa shape index (κ2) is 6.37. The Hall–Kier alpha value is -2.40. The van der Waals surface area contributed by atoms with Crippen LogP contribution in [0.3, 0.4) is 0 Å². The molecule has 0 saturated heterocycles. The van der Waals surface area contributed by atoms with Crippen LogP contribution in [0.5, 0.6) is 5.75 Å². The minimum atomic E-state index is -1.09. The first-order valence-electron chi connectivity index (χ1n) is 6.20. The molecule has 4 N–H and O–H groups in total. The van der Waals surface area contributed by atoms with Gasteiger partial charge in [-0.15, -0.1) is 0 Å². The number of ether oxygens (including phenoxy) is 1. The first kappa shape index (κ1) is 15.0. The Morgan fingerprint density at radius 1 is 1.38 bits per heavy atom.